The van der Waals surface area contributed by atoms with Gasteiger partial charge in [0.05, 0.1) is 6.10 Å². The van der Waals surface area contributed by atoms with Gasteiger partial charge in [0.25, 0.3) is 0 Å². The van der Waals surface area contributed by atoms with Crippen LogP contribution in [0.15, 0.2) is 42.5 Å². The lowest BCUT2D eigenvalue weighted by Crippen LogP contribution is -2.06. The summed E-state index contributed by atoms with van der Waals surface area (Å²) in [7, 11) is 0. The van der Waals surface area contributed by atoms with E-state index in [1.165, 1.54) is 0 Å². The zero-order valence-electron chi connectivity index (χ0n) is 11.5. The average molecular weight is 254 g/mol. The molecule has 0 atom stereocenters. The molecular formula is C17H18O2. The fraction of sp³-hybridized carbons (Fsp3) is 0.235. The van der Waals surface area contributed by atoms with Crippen LogP contribution in [0.25, 0.3) is 11.1 Å². The fourth-order valence-corrected chi connectivity index (χ4v) is 2.11. The molecule has 2 aromatic carbocycles. The number of benzene rings is 2. The second-order valence-electron chi connectivity index (χ2n) is 4.85. The molecule has 0 aliphatic rings. The second-order valence-corrected chi connectivity index (χ2v) is 4.85. The highest BCUT2D eigenvalue weighted by Gasteiger charge is 2.09. The Morgan fingerprint density at radius 2 is 1.79 bits per heavy atom. The lowest BCUT2D eigenvalue weighted by Gasteiger charge is -2.15. The first kappa shape index (κ1) is 13.3. The Hall–Kier alpha value is -2.09. The van der Waals surface area contributed by atoms with E-state index in [0.717, 1.165) is 28.7 Å². The van der Waals surface area contributed by atoms with E-state index in [4.69, 9.17) is 4.74 Å². The quantitative estimate of drug-likeness (QED) is 0.762. The van der Waals surface area contributed by atoms with Crippen molar-refractivity contribution in [1.29, 1.82) is 0 Å². The van der Waals surface area contributed by atoms with E-state index >= 15 is 0 Å². The Morgan fingerprint density at radius 3 is 2.42 bits per heavy atom. The molecule has 19 heavy (non-hydrogen) atoms. The lowest BCUT2D eigenvalue weighted by atomic mass is 9.98. The average Bonchev–Trinajstić information content (AvgIpc) is 2.39. The third kappa shape index (κ3) is 3.02. The monoisotopic (exact) mass is 254 g/mol. The molecule has 98 valence electrons. The summed E-state index contributed by atoms with van der Waals surface area (Å²) in [4.78, 5) is 10.8. The van der Waals surface area contributed by atoms with Crippen molar-refractivity contribution < 1.29 is 9.53 Å². The minimum absolute atomic E-state index is 0.135. The van der Waals surface area contributed by atoms with E-state index in [-0.39, 0.29) is 6.10 Å². The Bertz CT molecular complexity index is 586. The molecule has 2 heteroatoms. The van der Waals surface area contributed by atoms with Crippen LogP contribution in [0.4, 0.5) is 0 Å². The summed E-state index contributed by atoms with van der Waals surface area (Å²) in [5, 5.41) is 0. The van der Waals surface area contributed by atoms with E-state index in [1.807, 2.05) is 63.2 Å². The van der Waals surface area contributed by atoms with Crippen LogP contribution in [0.2, 0.25) is 0 Å². The van der Waals surface area contributed by atoms with Crippen molar-refractivity contribution in [2.45, 2.75) is 26.9 Å². The molecule has 0 saturated heterocycles. The first-order valence-corrected chi connectivity index (χ1v) is 6.43. The van der Waals surface area contributed by atoms with Crippen LogP contribution in [0, 0.1) is 6.92 Å². The van der Waals surface area contributed by atoms with Gasteiger partial charge in [-0.1, -0.05) is 30.3 Å². The van der Waals surface area contributed by atoms with Gasteiger partial charge in [-0.05, 0) is 44.0 Å². The number of ether oxygens (including phenoxy) is 1. The zero-order valence-corrected chi connectivity index (χ0v) is 11.5. The highest BCUT2D eigenvalue weighted by Crippen LogP contribution is 2.32. The van der Waals surface area contributed by atoms with Crippen molar-refractivity contribution in [2.75, 3.05) is 0 Å². The summed E-state index contributed by atoms with van der Waals surface area (Å²) in [6, 6.07) is 13.7. The van der Waals surface area contributed by atoms with Crippen molar-refractivity contribution in [2.24, 2.45) is 0 Å². The third-order valence-electron chi connectivity index (χ3n) is 2.93. The van der Waals surface area contributed by atoms with Gasteiger partial charge < -0.3 is 4.74 Å². The second kappa shape index (κ2) is 5.70. The van der Waals surface area contributed by atoms with Crippen LogP contribution in [-0.4, -0.2) is 12.4 Å². The van der Waals surface area contributed by atoms with E-state index in [2.05, 4.69) is 0 Å². The maximum atomic E-state index is 10.8. The molecule has 0 unspecified atom stereocenters. The molecule has 0 bridgehead atoms. The number of carbonyl (C=O) groups excluding carboxylic acids is 1. The van der Waals surface area contributed by atoms with Gasteiger partial charge >= 0.3 is 0 Å². The summed E-state index contributed by atoms with van der Waals surface area (Å²) < 4.78 is 5.84. The molecule has 0 aliphatic heterocycles. The van der Waals surface area contributed by atoms with Crippen LogP contribution >= 0.6 is 0 Å². The number of hydrogen-bond donors (Lipinski definition) is 0. The molecule has 2 rings (SSSR count). The topological polar surface area (TPSA) is 26.3 Å². The summed E-state index contributed by atoms with van der Waals surface area (Å²) in [5.41, 5.74) is 3.93. The van der Waals surface area contributed by atoms with E-state index in [1.54, 1.807) is 0 Å². The lowest BCUT2D eigenvalue weighted by molar-refractivity contribution is 0.112. The molecule has 2 aromatic rings. The highest BCUT2D eigenvalue weighted by atomic mass is 16.5. The van der Waals surface area contributed by atoms with Crippen molar-refractivity contribution in [1.82, 2.24) is 0 Å². The predicted octanol–water partition coefficient (Wildman–Crippen LogP) is 4.26. The Kier molecular flexibility index (Phi) is 4.00. The summed E-state index contributed by atoms with van der Waals surface area (Å²) in [6.45, 7) is 6.03. The van der Waals surface area contributed by atoms with Gasteiger partial charge in [-0.2, -0.15) is 0 Å². The van der Waals surface area contributed by atoms with Crippen LogP contribution in [0.3, 0.4) is 0 Å². The Morgan fingerprint density at radius 1 is 1.05 bits per heavy atom. The zero-order chi connectivity index (χ0) is 13.8. The van der Waals surface area contributed by atoms with E-state index in [0.29, 0.717) is 5.56 Å². The van der Waals surface area contributed by atoms with Gasteiger partial charge in [-0.15, -0.1) is 0 Å². The van der Waals surface area contributed by atoms with Gasteiger partial charge in [0, 0.05) is 11.1 Å². The predicted molar refractivity (Wildman–Crippen MR) is 77.8 cm³/mol. The minimum Gasteiger partial charge on any atom is -0.490 e. The first-order chi connectivity index (χ1) is 9.11. The largest absolute Gasteiger partial charge is 0.490 e. The Balaban J connectivity index is 2.49. The first-order valence-electron chi connectivity index (χ1n) is 6.43. The van der Waals surface area contributed by atoms with E-state index < -0.39 is 0 Å². The minimum atomic E-state index is 0.135. The van der Waals surface area contributed by atoms with Gasteiger partial charge in [0.2, 0.25) is 0 Å². The SMILES string of the molecule is Cc1cc(C=O)ccc1-c1ccccc1OC(C)C. The normalized spacial score (nSPS) is 10.5. The molecule has 0 N–H and O–H groups in total. The van der Waals surface area contributed by atoms with Gasteiger partial charge in [-0.3, -0.25) is 4.79 Å². The molecule has 0 heterocycles. The standard InChI is InChI=1S/C17H18O2/c1-12(2)19-17-7-5-4-6-16(17)15-9-8-14(11-18)10-13(15)3/h4-12H,1-3H3. The smallest absolute Gasteiger partial charge is 0.150 e. The number of para-hydroxylation sites is 1. The number of hydrogen-bond acceptors (Lipinski definition) is 2. The fourth-order valence-electron chi connectivity index (χ4n) is 2.11. The van der Waals surface area contributed by atoms with Gasteiger partial charge in [0.15, 0.2) is 0 Å². The Labute approximate surface area is 114 Å². The summed E-state index contributed by atoms with van der Waals surface area (Å²) in [6.07, 6.45) is 1.00. The van der Waals surface area contributed by atoms with Crippen molar-refractivity contribution in [3.63, 3.8) is 0 Å². The van der Waals surface area contributed by atoms with Gasteiger partial charge in [0.1, 0.15) is 12.0 Å². The van der Waals surface area contributed by atoms with Crippen LogP contribution < -0.4 is 4.74 Å². The number of aldehydes is 1. The van der Waals surface area contributed by atoms with Gasteiger partial charge in [-0.25, -0.2) is 0 Å². The number of carbonyl (C=O) groups is 1. The molecule has 0 amide bonds. The molecule has 0 aliphatic carbocycles. The van der Waals surface area contributed by atoms with Crippen LogP contribution in [0.5, 0.6) is 5.75 Å². The molecule has 0 aromatic heterocycles. The molecule has 0 fully saturated rings. The number of aryl methyl sites for hydroxylation is 1. The molecule has 0 radical (unpaired) electrons. The van der Waals surface area contributed by atoms with Crippen molar-refractivity contribution in [3.05, 3.63) is 53.6 Å². The number of rotatable bonds is 4. The third-order valence-corrected chi connectivity index (χ3v) is 2.93. The molecular weight excluding hydrogens is 236 g/mol. The van der Waals surface area contributed by atoms with Crippen molar-refractivity contribution in [3.8, 4) is 16.9 Å². The van der Waals surface area contributed by atoms with Crippen LogP contribution in [-0.2, 0) is 0 Å². The summed E-state index contributed by atoms with van der Waals surface area (Å²) >= 11 is 0. The maximum Gasteiger partial charge on any atom is 0.150 e. The maximum absolute atomic E-state index is 10.8. The van der Waals surface area contributed by atoms with Crippen LogP contribution in [0.1, 0.15) is 29.8 Å². The highest BCUT2D eigenvalue weighted by molar-refractivity contribution is 5.80. The molecule has 0 spiro atoms. The molecule has 0 saturated carbocycles. The summed E-state index contributed by atoms with van der Waals surface area (Å²) in [5.74, 6) is 0.874. The van der Waals surface area contributed by atoms with Crippen molar-refractivity contribution >= 4 is 6.29 Å². The molecule has 2 nitrogen and oxygen atoms in total. The van der Waals surface area contributed by atoms with E-state index in [9.17, 15) is 4.79 Å².